The molecule has 0 aliphatic heterocycles. The molecule has 114 valence electrons. The fourth-order valence-electron chi connectivity index (χ4n) is 1.90. The Balaban J connectivity index is 2.68. The number of nitrogens with zero attached hydrogens (tertiary/aromatic N) is 1. The summed E-state index contributed by atoms with van der Waals surface area (Å²) in [6, 6.07) is 6.97. The molecule has 0 saturated heterocycles. The van der Waals surface area contributed by atoms with E-state index in [0.717, 1.165) is 4.47 Å². The van der Waals surface area contributed by atoms with E-state index >= 15 is 0 Å². The molecule has 4 nitrogen and oxygen atoms in total. The molecule has 0 radical (unpaired) electrons. The number of halogens is 1. The number of hydrogen-bond donors (Lipinski definition) is 1. The highest BCUT2D eigenvalue weighted by Gasteiger charge is 2.17. The molecular formula is C14H22BrNO3S. The first kappa shape index (κ1) is 17.6. The van der Waals surface area contributed by atoms with E-state index in [1.165, 1.54) is 0 Å². The first-order valence-electron chi connectivity index (χ1n) is 6.70. The normalized spacial score (nSPS) is 12.3. The van der Waals surface area contributed by atoms with Gasteiger partial charge in [-0.25, -0.2) is 8.42 Å². The highest BCUT2D eigenvalue weighted by atomic mass is 79.9. The summed E-state index contributed by atoms with van der Waals surface area (Å²) in [7, 11) is -3.26. The van der Waals surface area contributed by atoms with Crippen LogP contribution in [0.4, 0.5) is 0 Å². The van der Waals surface area contributed by atoms with Crippen molar-refractivity contribution in [2.75, 3.05) is 25.4 Å². The lowest BCUT2D eigenvalue weighted by atomic mass is 10.3. The molecule has 0 spiro atoms. The van der Waals surface area contributed by atoms with Crippen molar-refractivity contribution in [2.24, 2.45) is 0 Å². The first-order chi connectivity index (χ1) is 9.36. The van der Waals surface area contributed by atoms with Crippen molar-refractivity contribution in [2.45, 2.75) is 31.2 Å². The van der Waals surface area contributed by atoms with Crippen LogP contribution >= 0.6 is 15.9 Å². The standard InChI is InChI=1S/C14H22BrNO3S/c1-12(2)16(8-3-10-17)9-11-20(18,19)14-6-4-13(15)5-7-14/h4-7,12,17H,3,8-11H2,1-2H3. The minimum Gasteiger partial charge on any atom is -0.396 e. The maximum absolute atomic E-state index is 12.3. The Morgan fingerprint density at radius 1 is 1.20 bits per heavy atom. The Hall–Kier alpha value is -0.430. The Morgan fingerprint density at radius 2 is 1.80 bits per heavy atom. The number of sulfone groups is 1. The van der Waals surface area contributed by atoms with Gasteiger partial charge in [-0.15, -0.1) is 0 Å². The highest BCUT2D eigenvalue weighted by molar-refractivity contribution is 9.10. The van der Waals surface area contributed by atoms with Gasteiger partial charge in [-0.05, 0) is 44.5 Å². The molecule has 1 aromatic carbocycles. The van der Waals surface area contributed by atoms with E-state index in [-0.39, 0.29) is 18.4 Å². The Labute approximate surface area is 129 Å². The smallest absolute Gasteiger partial charge is 0.179 e. The Bertz CT molecular complexity index is 500. The van der Waals surface area contributed by atoms with Crippen molar-refractivity contribution in [3.63, 3.8) is 0 Å². The monoisotopic (exact) mass is 363 g/mol. The van der Waals surface area contributed by atoms with Crippen LogP contribution in [0.15, 0.2) is 33.6 Å². The van der Waals surface area contributed by atoms with Crippen molar-refractivity contribution in [1.29, 1.82) is 0 Å². The number of benzene rings is 1. The summed E-state index contributed by atoms with van der Waals surface area (Å²) >= 11 is 3.30. The predicted molar refractivity (Wildman–Crippen MR) is 84.6 cm³/mol. The largest absolute Gasteiger partial charge is 0.396 e. The molecule has 0 aromatic heterocycles. The van der Waals surface area contributed by atoms with Gasteiger partial charge in [-0.1, -0.05) is 15.9 Å². The summed E-state index contributed by atoms with van der Waals surface area (Å²) in [4.78, 5) is 2.43. The second-order valence-corrected chi connectivity index (χ2v) is 8.00. The van der Waals surface area contributed by atoms with Crippen LogP contribution in [-0.2, 0) is 9.84 Å². The van der Waals surface area contributed by atoms with E-state index in [1.807, 2.05) is 13.8 Å². The van der Waals surface area contributed by atoms with Crippen molar-refractivity contribution in [3.8, 4) is 0 Å². The quantitative estimate of drug-likeness (QED) is 0.769. The number of hydrogen-bond acceptors (Lipinski definition) is 4. The summed E-state index contributed by atoms with van der Waals surface area (Å²) in [6.45, 7) is 5.38. The van der Waals surface area contributed by atoms with E-state index in [4.69, 9.17) is 5.11 Å². The predicted octanol–water partition coefficient (Wildman–Crippen LogP) is 2.32. The second kappa shape index (κ2) is 8.12. The van der Waals surface area contributed by atoms with Crippen LogP contribution < -0.4 is 0 Å². The van der Waals surface area contributed by atoms with E-state index in [9.17, 15) is 8.42 Å². The van der Waals surface area contributed by atoms with Crippen LogP contribution in [0, 0.1) is 0 Å². The molecule has 0 amide bonds. The number of aliphatic hydroxyl groups excluding tert-OH is 1. The van der Waals surface area contributed by atoms with Crippen molar-refractivity contribution in [3.05, 3.63) is 28.7 Å². The SMILES string of the molecule is CC(C)N(CCCO)CCS(=O)(=O)c1ccc(Br)cc1. The number of rotatable bonds is 8. The van der Waals surface area contributed by atoms with Gasteiger partial charge < -0.3 is 5.11 Å². The molecule has 0 saturated carbocycles. The first-order valence-corrected chi connectivity index (χ1v) is 9.14. The van der Waals surface area contributed by atoms with E-state index in [2.05, 4.69) is 20.8 Å². The van der Waals surface area contributed by atoms with Gasteiger partial charge in [0, 0.05) is 30.2 Å². The molecule has 1 N–H and O–H groups in total. The fourth-order valence-corrected chi connectivity index (χ4v) is 3.42. The van der Waals surface area contributed by atoms with Gasteiger partial charge in [0.05, 0.1) is 10.6 Å². The molecular weight excluding hydrogens is 342 g/mol. The maximum Gasteiger partial charge on any atom is 0.179 e. The van der Waals surface area contributed by atoms with Crippen molar-refractivity contribution >= 4 is 25.8 Å². The summed E-state index contributed by atoms with van der Waals surface area (Å²) in [5, 5.41) is 8.88. The third-order valence-electron chi connectivity index (χ3n) is 3.15. The Kier molecular flexibility index (Phi) is 7.15. The minimum atomic E-state index is -3.26. The van der Waals surface area contributed by atoms with E-state index < -0.39 is 9.84 Å². The van der Waals surface area contributed by atoms with Crippen LogP contribution in [0.5, 0.6) is 0 Å². The van der Waals surface area contributed by atoms with E-state index in [1.54, 1.807) is 24.3 Å². The second-order valence-electron chi connectivity index (χ2n) is 4.98. The summed E-state index contributed by atoms with van der Waals surface area (Å²) in [6.07, 6.45) is 0.663. The molecule has 20 heavy (non-hydrogen) atoms. The van der Waals surface area contributed by atoms with Crippen molar-refractivity contribution < 1.29 is 13.5 Å². The summed E-state index contributed by atoms with van der Waals surface area (Å²) < 4.78 is 25.4. The fraction of sp³-hybridized carbons (Fsp3) is 0.571. The molecule has 0 atom stereocenters. The lowest BCUT2D eigenvalue weighted by Gasteiger charge is -2.25. The molecule has 0 bridgehead atoms. The zero-order valence-electron chi connectivity index (χ0n) is 11.9. The molecule has 0 aliphatic rings. The molecule has 0 aliphatic carbocycles. The van der Waals surface area contributed by atoms with Gasteiger partial charge in [0.2, 0.25) is 0 Å². The molecule has 0 fully saturated rings. The zero-order chi connectivity index (χ0) is 15.2. The van der Waals surface area contributed by atoms with Gasteiger partial charge >= 0.3 is 0 Å². The van der Waals surface area contributed by atoms with Crippen LogP contribution in [0.2, 0.25) is 0 Å². The lowest BCUT2D eigenvalue weighted by Crippen LogP contribution is -2.36. The number of aliphatic hydroxyl groups is 1. The average molecular weight is 364 g/mol. The third kappa shape index (κ3) is 5.52. The lowest BCUT2D eigenvalue weighted by molar-refractivity contribution is 0.200. The van der Waals surface area contributed by atoms with Crippen LogP contribution in [-0.4, -0.2) is 49.9 Å². The molecule has 0 unspecified atom stereocenters. The van der Waals surface area contributed by atoms with Crippen LogP contribution in [0.25, 0.3) is 0 Å². The van der Waals surface area contributed by atoms with Crippen LogP contribution in [0.3, 0.4) is 0 Å². The third-order valence-corrected chi connectivity index (χ3v) is 5.39. The maximum atomic E-state index is 12.3. The van der Waals surface area contributed by atoms with Gasteiger partial charge in [0.15, 0.2) is 9.84 Å². The summed E-state index contributed by atoms with van der Waals surface area (Å²) in [5.41, 5.74) is 0. The topological polar surface area (TPSA) is 57.6 Å². The van der Waals surface area contributed by atoms with Crippen molar-refractivity contribution in [1.82, 2.24) is 4.90 Å². The Morgan fingerprint density at radius 3 is 2.30 bits per heavy atom. The molecule has 1 rings (SSSR count). The highest BCUT2D eigenvalue weighted by Crippen LogP contribution is 2.16. The van der Waals surface area contributed by atoms with Gasteiger partial charge in [0.25, 0.3) is 0 Å². The average Bonchev–Trinajstić information content (AvgIpc) is 2.38. The van der Waals surface area contributed by atoms with Gasteiger partial charge in [0.1, 0.15) is 0 Å². The minimum absolute atomic E-state index is 0.0955. The molecule has 0 heterocycles. The van der Waals surface area contributed by atoms with Gasteiger partial charge in [-0.3, -0.25) is 4.90 Å². The summed E-state index contributed by atoms with van der Waals surface area (Å²) in [5.74, 6) is 0.0955. The zero-order valence-corrected chi connectivity index (χ0v) is 14.3. The molecule has 6 heteroatoms. The van der Waals surface area contributed by atoms with Gasteiger partial charge in [-0.2, -0.15) is 0 Å². The van der Waals surface area contributed by atoms with Crippen LogP contribution in [0.1, 0.15) is 20.3 Å². The molecule has 1 aromatic rings. The van der Waals surface area contributed by atoms with E-state index in [0.29, 0.717) is 24.4 Å².